The van der Waals surface area contributed by atoms with Crippen molar-refractivity contribution >= 4 is 46.4 Å². The molecule has 8 heteroatoms. The fraction of sp³-hybridized carbons (Fsp3) is 0.400. The second-order valence-electron chi connectivity index (χ2n) is 4.18. The number of carboxylic acid groups (broad SMARTS) is 1. The van der Waals surface area contributed by atoms with E-state index < -0.39 is 11.5 Å². The summed E-state index contributed by atoms with van der Waals surface area (Å²) in [6, 6.07) is 1.48. The van der Waals surface area contributed by atoms with Crippen LogP contribution in [0.2, 0.25) is 8.67 Å². The Morgan fingerprint density at radius 1 is 1.50 bits per heavy atom. The molecule has 1 saturated heterocycles. The van der Waals surface area contributed by atoms with Crippen LogP contribution in [-0.4, -0.2) is 40.5 Å². The van der Waals surface area contributed by atoms with Crippen molar-refractivity contribution in [1.82, 2.24) is 4.90 Å². The van der Waals surface area contributed by atoms with Crippen molar-refractivity contribution in [2.75, 3.05) is 13.1 Å². The summed E-state index contributed by atoms with van der Waals surface area (Å²) in [5.41, 5.74) is 4.62. The first-order valence-corrected chi connectivity index (χ1v) is 6.67. The van der Waals surface area contributed by atoms with Crippen LogP contribution >= 0.6 is 34.5 Å². The lowest BCUT2D eigenvalue weighted by Gasteiger charge is -2.19. The summed E-state index contributed by atoms with van der Waals surface area (Å²) in [4.78, 5) is 24.5. The van der Waals surface area contributed by atoms with Crippen LogP contribution in [-0.2, 0) is 4.79 Å². The van der Waals surface area contributed by atoms with Gasteiger partial charge in [0.1, 0.15) is 9.88 Å². The van der Waals surface area contributed by atoms with Gasteiger partial charge in [0.15, 0.2) is 0 Å². The number of nitrogens with zero attached hydrogens (tertiary/aromatic N) is 1. The maximum atomic E-state index is 12.1. The molecule has 2 heterocycles. The highest BCUT2D eigenvalue weighted by molar-refractivity contribution is 7.20. The minimum Gasteiger partial charge on any atom is -0.480 e. The van der Waals surface area contributed by atoms with Crippen LogP contribution in [0, 0.1) is 0 Å². The maximum absolute atomic E-state index is 12.1. The van der Waals surface area contributed by atoms with Crippen molar-refractivity contribution < 1.29 is 14.7 Å². The molecule has 0 bridgehead atoms. The molecule has 1 atom stereocenters. The number of rotatable bonds is 2. The molecular weight excluding hydrogens is 299 g/mol. The van der Waals surface area contributed by atoms with Crippen molar-refractivity contribution in [1.29, 1.82) is 0 Å². The molecule has 3 N–H and O–H groups in total. The van der Waals surface area contributed by atoms with E-state index in [9.17, 15) is 9.59 Å². The van der Waals surface area contributed by atoms with Crippen LogP contribution in [0.1, 0.15) is 16.8 Å². The molecule has 1 amide bonds. The number of amides is 1. The van der Waals surface area contributed by atoms with Gasteiger partial charge in [-0.1, -0.05) is 23.2 Å². The first-order chi connectivity index (χ1) is 8.33. The molecule has 1 unspecified atom stereocenters. The molecule has 5 nitrogen and oxygen atoms in total. The summed E-state index contributed by atoms with van der Waals surface area (Å²) in [5.74, 6) is -1.44. The van der Waals surface area contributed by atoms with Gasteiger partial charge in [-0.15, -0.1) is 11.3 Å². The van der Waals surface area contributed by atoms with E-state index in [2.05, 4.69) is 0 Å². The highest BCUT2D eigenvalue weighted by Crippen LogP contribution is 2.33. The van der Waals surface area contributed by atoms with Crippen LogP contribution in [0.25, 0.3) is 0 Å². The second-order valence-corrected chi connectivity index (χ2v) is 6.46. The molecule has 2 rings (SSSR count). The Morgan fingerprint density at radius 3 is 2.61 bits per heavy atom. The molecule has 0 spiro atoms. The van der Waals surface area contributed by atoms with Crippen molar-refractivity contribution in [3.8, 4) is 0 Å². The molecule has 18 heavy (non-hydrogen) atoms. The van der Waals surface area contributed by atoms with Crippen molar-refractivity contribution in [3.05, 3.63) is 20.3 Å². The number of hydrogen-bond donors (Lipinski definition) is 2. The highest BCUT2D eigenvalue weighted by Gasteiger charge is 2.43. The summed E-state index contributed by atoms with van der Waals surface area (Å²) >= 11 is 12.8. The van der Waals surface area contributed by atoms with E-state index in [1.54, 1.807) is 0 Å². The molecule has 1 aromatic rings. The van der Waals surface area contributed by atoms with Gasteiger partial charge in [-0.05, 0) is 12.5 Å². The average Bonchev–Trinajstić information content (AvgIpc) is 2.82. The molecule has 1 aliphatic rings. The molecule has 0 aliphatic carbocycles. The van der Waals surface area contributed by atoms with E-state index in [0.717, 1.165) is 11.3 Å². The fourth-order valence-corrected chi connectivity index (χ4v) is 3.29. The summed E-state index contributed by atoms with van der Waals surface area (Å²) in [6.45, 7) is 0.274. The molecule has 1 aliphatic heterocycles. The number of nitrogens with two attached hydrogens (primary N) is 1. The summed E-state index contributed by atoms with van der Waals surface area (Å²) in [7, 11) is 0. The number of carbonyl (C=O) groups is 2. The van der Waals surface area contributed by atoms with E-state index in [1.165, 1.54) is 11.0 Å². The van der Waals surface area contributed by atoms with Crippen molar-refractivity contribution in [2.24, 2.45) is 5.73 Å². The van der Waals surface area contributed by atoms with E-state index in [-0.39, 0.29) is 18.9 Å². The number of carboxylic acids is 1. The highest BCUT2D eigenvalue weighted by atomic mass is 35.5. The zero-order valence-electron chi connectivity index (χ0n) is 9.15. The monoisotopic (exact) mass is 308 g/mol. The zero-order chi connectivity index (χ0) is 13.5. The van der Waals surface area contributed by atoms with Gasteiger partial charge < -0.3 is 15.7 Å². The lowest BCUT2D eigenvalue weighted by molar-refractivity contribution is -0.142. The third-order valence-corrected chi connectivity index (χ3v) is 4.39. The molecule has 0 saturated carbocycles. The van der Waals surface area contributed by atoms with Crippen LogP contribution in [0.3, 0.4) is 0 Å². The minimum atomic E-state index is -1.37. The van der Waals surface area contributed by atoms with Crippen LogP contribution in [0.5, 0.6) is 0 Å². The van der Waals surface area contributed by atoms with Crippen LogP contribution < -0.4 is 5.73 Å². The largest absolute Gasteiger partial charge is 0.480 e. The topological polar surface area (TPSA) is 83.6 Å². The number of likely N-dealkylation sites (tertiary alicyclic amines) is 1. The number of hydrogen-bond acceptors (Lipinski definition) is 4. The lowest BCUT2D eigenvalue weighted by atomic mass is 10.0. The Labute approximate surface area is 117 Å². The summed E-state index contributed by atoms with van der Waals surface area (Å²) < 4.78 is 0.717. The minimum absolute atomic E-state index is 0.0229. The van der Waals surface area contributed by atoms with Gasteiger partial charge >= 0.3 is 5.97 Å². The fourth-order valence-electron chi connectivity index (χ4n) is 1.84. The Bertz CT molecular complexity index is 519. The predicted octanol–water partition coefficient (Wildman–Crippen LogP) is 1.68. The van der Waals surface area contributed by atoms with E-state index in [1.807, 2.05) is 0 Å². The molecule has 1 aromatic heterocycles. The predicted molar refractivity (Wildman–Crippen MR) is 69.4 cm³/mol. The molecule has 0 aromatic carbocycles. The Balaban J connectivity index is 2.18. The van der Waals surface area contributed by atoms with Gasteiger partial charge in [0.25, 0.3) is 5.91 Å². The SMILES string of the molecule is NC1(C(=O)O)CCN(C(=O)c2cc(Cl)sc2Cl)C1. The van der Waals surface area contributed by atoms with Gasteiger partial charge in [-0.3, -0.25) is 9.59 Å². The molecule has 98 valence electrons. The first kappa shape index (κ1) is 13.6. The quantitative estimate of drug-likeness (QED) is 0.870. The third-order valence-electron chi connectivity index (χ3n) is 2.90. The van der Waals surface area contributed by atoms with Crippen LogP contribution in [0.4, 0.5) is 0 Å². The number of halogens is 2. The second kappa shape index (κ2) is 4.70. The first-order valence-electron chi connectivity index (χ1n) is 5.10. The van der Waals surface area contributed by atoms with Gasteiger partial charge in [0.05, 0.1) is 9.90 Å². The smallest absolute Gasteiger partial charge is 0.325 e. The summed E-state index contributed by atoms with van der Waals surface area (Å²) in [5, 5.41) is 8.99. The van der Waals surface area contributed by atoms with Crippen molar-refractivity contribution in [3.63, 3.8) is 0 Å². The van der Waals surface area contributed by atoms with Gasteiger partial charge in [0, 0.05) is 13.1 Å². The Morgan fingerprint density at radius 2 is 2.17 bits per heavy atom. The van der Waals surface area contributed by atoms with E-state index >= 15 is 0 Å². The zero-order valence-corrected chi connectivity index (χ0v) is 11.5. The van der Waals surface area contributed by atoms with E-state index in [4.69, 9.17) is 34.0 Å². The van der Waals surface area contributed by atoms with Crippen molar-refractivity contribution in [2.45, 2.75) is 12.0 Å². The lowest BCUT2D eigenvalue weighted by Crippen LogP contribution is -2.50. The number of carbonyl (C=O) groups excluding carboxylic acids is 1. The Hall–Kier alpha value is -0.820. The Kier molecular flexibility index (Phi) is 3.55. The maximum Gasteiger partial charge on any atom is 0.325 e. The third kappa shape index (κ3) is 2.33. The normalized spacial score (nSPS) is 23.4. The summed E-state index contributed by atoms with van der Waals surface area (Å²) in [6.07, 6.45) is 0.226. The average molecular weight is 309 g/mol. The standard InChI is InChI=1S/C10H10Cl2N2O3S/c11-6-3-5(7(12)18-6)8(15)14-2-1-10(13,4-14)9(16)17/h3H,1-2,4,13H2,(H,16,17). The van der Waals surface area contributed by atoms with Gasteiger partial charge in [-0.25, -0.2) is 0 Å². The molecular formula is C10H10Cl2N2O3S. The number of aliphatic carboxylic acids is 1. The molecule has 0 radical (unpaired) electrons. The van der Waals surface area contributed by atoms with Crippen LogP contribution in [0.15, 0.2) is 6.07 Å². The number of thiophene rings is 1. The molecule has 1 fully saturated rings. The van der Waals surface area contributed by atoms with Gasteiger partial charge in [0.2, 0.25) is 0 Å². The van der Waals surface area contributed by atoms with Gasteiger partial charge in [-0.2, -0.15) is 0 Å². The van der Waals surface area contributed by atoms with E-state index in [0.29, 0.717) is 20.8 Å².